The van der Waals surface area contributed by atoms with E-state index in [-0.39, 0.29) is 17.6 Å². The highest BCUT2D eigenvalue weighted by Crippen LogP contribution is 2.34. The molecule has 5 nitrogen and oxygen atoms in total. The Morgan fingerprint density at radius 3 is 2.80 bits per heavy atom. The molecule has 1 heterocycles. The summed E-state index contributed by atoms with van der Waals surface area (Å²) in [5.41, 5.74) is 7.70. The number of hydrogen-bond acceptors (Lipinski definition) is 5. The van der Waals surface area contributed by atoms with Crippen molar-refractivity contribution in [1.29, 1.82) is 0 Å². The highest BCUT2D eigenvalue weighted by Gasteiger charge is 2.21. The average molecular weight is 294 g/mol. The van der Waals surface area contributed by atoms with Gasteiger partial charge in [0.1, 0.15) is 5.60 Å². The second kappa shape index (κ2) is 5.36. The monoisotopic (exact) mass is 294 g/mol. The molecule has 0 aromatic heterocycles. The number of nitrogen functional groups attached to an aromatic ring is 1. The van der Waals surface area contributed by atoms with Gasteiger partial charge in [-0.05, 0) is 38.5 Å². The van der Waals surface area contributed by atoms with Crippen molar-refractivity contribution >= 4 is 35.0 Å². The minimum absolute atomic E-state index is 0.0336. The van der Waals surface area contributed by atoms with Gasteiger partial charge in [-0.15, -0.1) is 11.8 Å². The van der Waals surface area contributed by atoms with Gasteiger partial charge in [0.25, 0.3) is 0 Å². The molecule has 0 spiro atoms. The summed E-state index contributed by atoms with van der Waals surface area (Å²) in [5.74, 6) is -0.131. The van der Waals surface area contributed by atoms with Crippen LogP contribution in [0.3, 0.4) is 0 Å². The topological polar surface area (TPSA) is 81.4 Å². The molecule has 2 rings (SSSR count). The summed E-state index contributed by atoms with van der Waals surface area (Å²) in [6.45, 7) is 5.48. The number of esters is 1. The number of hydrogen-bond donors (Lipinski definition) is 2. The average Bonchev–Trinajstić information content (AvgIpc) is 2.62. The van der Waals surface area contributed by atoms with Gasteiger partial charge in [-0.3, -0.25) is 9.59 Å². The number of carbonyl (C=O) groups is 2. The summed E-state index contributed by atoms with van der Waals surface area (Å²) in [6.07, 6.45) is 0.358. The maximum Gasteiger partial charge on any atom is 0.316 e. The maximum absolute atomic E-state index is 11.7. The fourth-order valence-corrected chi connectivity index (χ4v) is 2.67. The van der Waals surface area contributed by atoms with Crippen molar-refractivity contribution < 1.29 is 14.3 Å². The molecule has 1 aliphatic rings. The van der Waals surface area contributed by atoms with Gasteiger partial charge in [-0.1, -0.05) is 0 Å². The lowest BCUT2D eigenvalue weighted by Gasteiger charge is -2.19. The Morgan fingerprint density at radius 2 is 2.15 bits per heavy atom. The Labute approximate surface area is 122 Å². The van der Waals surface area contributed by atoms with E-state index in [0.29, 0.717) is 12.1 Å². The van der Waals surface area contributed by atoms with Crippen molar-refractivity contribution in [3.63, 3.8) is 0 Å². The van der Waals surface area contributed by atoms with Crippen molar-refractivity contribution in [2.75, 3.05) is 16.8 Å². The first kappa shape index (κ1) is 14.7. The molecule has 0 unspecified atom stereocenters. The van der Waals surface area contributed by atoms with Gasteiger partial charge in [0.15, 0.2) is 0 Å². The van der Waals surface area contributed by atoms with E-state index in [1.807, 2.05) is 26.8 Å². The Hall–Kier alpha value is -1.69. The van der Waals surface area contributed by atoms with Crippen LogP contribution in [0.2, 0.25) is 0 Å². The van der Waals surface area contributed by atoms with E-state index in [1.54, 1.807) is 6.07 Å². The number of rotatable bonds is 3. The normalized spacial score (nSPS) is 13.8. The molecule has 108 valence electrons. The number of nitrogens with one attached hydrogen (secondary N) is 1. The molecule has 1 aromatic rings. The highest BCUT2D eigenvalue weighted by atomic mass is 32.2. The summed E-state index contributed by atoms with van der Waals surface area (Å²) < 4.78 is 5.24. The second-order valence-corrected chi connectivity index (χ2v) is 6.66. The van der Waals surface area contributed by atoms with Crippen LogP contribution in [-0.2, 0) is 20.7 Å². The molecule has 20 heavy (non-hydrogen) atoms. The predicted octanol–water partition coefficient (Wildman–Crippen LogP) is 2.20. The molecule has 0 saturated heterocycles. The molecule has 1 aliphatic heterocycles. The fraction of sp³-hybridized carbons (Fsp3) is 0.429. The molecule has 0 fully saturated rings. The molecular formula is C14H18N2O3S. The number of nitrogens with two attached hydrogens (primary N) is 1. The van der Waals surface area contributed by atoms with E-state index in [9.17, 15) is 9.59 Å². The summed E-state index contributed by atoms with van der Waals surface area (Å²) in [6, 6.07) is 3.59. The molecule has 3 N–H and O–H groups in total. The first-order chi connectivity index (χ1) is 9.24. The standard InChI is InChI=1S/C14H18N2O3S/c1-14(2,3)19-13(18)7-20-11-6-10-8(4-9(11)15)5-12(17)16-10/h4,6H,5,7,15H2,1-3H3,(H,16,17). The van der Waals surface area contributed by atoms with E-state index in [4.69, 9.17) is 10.5 Å². The van der Waals surface area contributed by atoms with Crippen LogP contribution in [0.15, 0.2) is 17.0 Å². The van der Waals surface area contributed by atoms with Gasteiger partial charge >= 0.3 is 5.97 Å². The zero-order valence-corrected chi connectivity index (χ0v) is 12.6. The lowest BCUT2D eigenvalue weighted by Crippen LogP contribution is -2.24. The van der Waals surface area contributed by atoms with E-state index in [2.05, 4.69) is 5.32 Å². The SMILES string of the molecule is CC(C)(C)OC(=O)CSc1cc2c(cc1N)CC(=O)N2. The van der Waals surface area contributed by atoms with Crippen molar-refractivity contribution in [2.45, 2.75) is 37.7 Å². The van der Waals surface area contributed by atoms with Crippen LogP contribution in [0.25, 0.3) is 0 Å². The molecule has 0 aliphatic carbocycles. The largest absolute Gasteiger partial charge is 0.459 e. The number of fused-ring (bicyclic) bond motifs is 1. The zero-order valence-electron chi connectivity index (χ0n) is 11.8. The second-order valence-electron chi connectivity index (χ2n) is 5.65. The number of carbonyl (C=O) groups excluding carboxylic acids is 2. The van der Waals surface area contributed by atoms with Crippen LogP contribution in [0, 0.1) is 0 Å². The molecular weight excluding hydrogens is 276 g/mol. The Bertz CT molecular complexity index is 564. The minimum Gasteiger partial charge on any atom is -0.459 e. The molecule has 6 heteroatoms. The molecule has 0 saturated carbocycles. The maximum atomic E-state index is 11.7. The van der Waals surface area contributed by atoms with Gasteiger partial charge in [0.05, 0.1) is 12.2 Å². The third-order valence-corrected chi connectivity index (χ3v) is 3.67. The lowest BCUT2D eigenvalue weighted by atomic mass is 10.1. The third kappa shape index (κ3) is 3.66. The first-order valence-electron chi connectivity index (χ1n) is 6.31. The van der Waals surface area contributed by atoms with Gasteiger partial charge in [0.2, 0.25) is 5.91 Å². The van der Waals surface area contributed by atoms with Gasteiger partial charge in [0, 0.05) is 16.3 Å². The summed E-state index contributed by atoms with van der Waals surface area (Å²) in [4.78, 5) is 23.8. The lowest BCUT2D eigenvalue weighted by molar-refractivity contribution is -0.151. The van der Waals surface area contributed by atoms with Gasteiger partial charge < -0.3 is 15.8 Å². The number of amides is 1. The third-order valence-electron chi connectivity index (χ3n) is 2.63. The van der Waals surface area contributed by atoms with Crippen LogP contribution >= 0.6 is 11.8 Å². The van der Waals surface area contributed by atoms with Crippen molar-refractivity contribution in [3.05, 3.63) is 17.7 Å². The van der Waals surface area contributed by atoms with Gasteiger partial charge in [-0.25, -0.2) is 0 Å². The van der Waals surface area contributed by atoms with Crippen molar-refractivity contribution in [2.24, 2.45) is 0 Å². The number of benzene rings is 1. The van der Waals surface area contributed by atoms with Crippen LogP contribution in [-0.4, -0.2) is 23.2 Å². The quantitative estimate of drug-likeness (QED) is 0.507. The summed E-state index contributed by atoms with van der Waals surface area (Å²) in [5, 5.41) is 2.77. The smallest absolute Gasteiger partial charge is 0.316 e. The predicted molar refractivity (Wildman–Crippen MR) is 79.8 cm³/mol. The number of anilines is 2. The Balaban J connectivity index is 2.02. The van der Waals surface area contributed by atoms with Crippen LogP contribution < -0.4 is 11.1 Å². The van der Waals surface area contributed by atoms with Crippen molar-refractivity contribution in [3.8, 4) is 0 Å². The van der Waals surface area contributed by atoms with Crippen LogP contribution in [0.5, 0.6) is 0 Å². The Kier molecular flexibility index (Phi) is 3.94. The number of thioether (sulfide) groups is 1. The molecule has 0 radical (unpaired) electrons. The highest BCUT2D eigenvalue weighted by molar-refractivity contribution is 8.00. The minimum atomic E-state index is -0.491. The van der Waals surface area contributed by atoms with Crippen LogP contribution in [0.1, 0.15) is 26.3 Å². The fourth-order valence-electron chi connectivity index (χ4n) is 1.91. The van der Waals surface area contributed by atoms with E-state index in [1.165, 1.54) is 11.8 Å². The number of ether oxygens (including phenoxy) is 1. The van der Waals surface area contributed by atoms with Crippen LogP contribution in [0.4, 0.5) is 11.4 Å². The molecule has 0 bridgehead atoms. The van der Waals surface area contributed by atoms with E-state index >= 15 is 0 Å². The summed E-state index contributed by atoms with van der Waals surface area (Å²) >= 11 is 1.31. The zero-order chi connectivity index (χ0) is 14.9. The molecule has 1 aromatic carbocycles. The van der Waals surface area contributed by atoms with E-state index < -0.39 is 5.60 Å². The van der Waals surface area contributed by atoms with E-state index in [0.717, 1.165) is 16.1 Å². The summed E-state index contributed by atoms with van der Waals surface area (Å²) in [7, 11) is 0. The van der Waals surface area contributed by atoms with Crippen molar-refractivity contribution in [1.82, 2.24) is 0 Å². The Morgan fingerprint density at radius 1 is 1.45 bits per heavy atom. The first-order valence-corrected chi connectivity index (χ1v) is 7.30. The molecule has 1 amide bonds. The molecule has 0 atom stereocenters. The van der Waals surface area contributed by atoms with Gasteiger partial charge in [-0.2, -0.15) is 0 Å².